The Hall–Kier alpha value is -2.24. The van der Waals surface area contributed by atoms with Crippen LogP contribution in [0.3, 0.4) is 0 Å². The van der Waals surface area contributed by atoms with Crippen molar-refractivity contribution in [3.8, 4) is 0 Å². The molecule has 21 heavy (non-hydrogen) atoms. The molecule has 0 saturated heterocycles. The SMILES string of the molecule is O=C(Cc1nc2ccc(F)cc2c(=O)[nH]1)NC1CCCC1. The van der Waals surface area contributed by atoms with E-state index in [0.29, 0.717) is 11.3 Å². The first-order valence-corrected chi connectivity index (χ1v) is 7.09. The fourth-order valence-corrected chi connectivity index (χ4v) is 2.74. The van der Waals surface area contributed by atoms with Gasteiger partial charge in [0, 0.05) is 6.04 Å². The Morgan fingerprint density at radius 3 is 2.90 bits per heavy atom. The molecule has 0 aliphatic heterocycles. The number of H-pyrrole nitrogens is 1. The number of aromatic amines is 1. The number of carbonyl (C=O) groups is 1. The molecule has 1 saturated carbocycles. The van der Waals surface area contributed by atoms with Gasteiger partial charge >= 0.3 is 0 Å². The minimum atomic E-state index is -0.485. The highest BCUT2D eigenvalue weighted by molar-refractivity contribution is 5.80. The monoisotopic (exact) mass is 289 g/mol. The Morgan fingerprint density at radius 1 is 1.38 bits per heavy atom. The van der Waals surface area contributed by atoms with Gasteiger partial charge in [0.1, 0.15) is 11.6 Å². The number of nitrogens with one attached hydrogen (secondary N) is 2. The molecule has 1 fully saturated rings. The second-order valence-corrected chi connectivity index (χ2v) is 5.40. The largest absolute Gasteiger partial charge is 0.353 e. The smallest absolute Gasteiger partial charge is 0.258 e. The normalized spacial score (nSPS) is 15.5. The van der Waals surface area contributed by atoms with Gasteiger partial charge in [0.15, 0.2) is 0 Å². The second-order valence-electron chi connectivity index (χ2n) is 5.40. The molecule has 3 rings (SSSR count). The highest BCUT2D eigenvalue weighted by Gasteiger charge is 2.18. The molecule has 1 aromatic carbocycles. The summed E-state index contributed by atoms with van der Waals surface area (Å²) in [4.78, 5) is 30.6. The van der Waals surface area contributed by atoms with E-state index in [0.717, 1.165) is 31.7 Å². The lowest BCUT2D eigenvalue weighted by atomic mass is 10.2. The summed E-state index contributed by atoms with van der Waals surface area (Å²) in [7, 11) is 0. The van der Waals surface area contributed by atoms with Crippen molar-refractivity contribution in [2.45, 2.75) is 38.1 Å². The van der Waals surface area contributed by atoms with E-state index in [-0.39, 0.29) is 23.8 Å². The highest BCUT2D eigenvalue weighted by atomic mass is 19.1. The Balaban J connectivity index is 1.79. The van der Waals surface area contributed by atoms with Gasteiger partial charge in [-0.1, -0.05) is 12.8 Å². The van der Waals surface area contributed by atoms with Crippen molar-refractivity contribution in [1.29, 1.82) is 0 Å². The third kappa shape index (κ3) is 3.09. The minimum Gasteiger partial charge on any atom is -0.353 e. The first-order chi connectivity index (χ1) is 10.1. The quantitative estimate of drug-likeness (QED) is 0.902. The number of hydrogen-bond donors (Lipinski definition) is 2. The van der Waals surface area contributed by atoms with Crippen LogP contribution in [0.2, 0.25) is 0 Å². The summed E-state index contributed by atoms with van der Waals surface area (Å²) >= 11 is 0. The number of benzene rings is 1. The zero-order valence-electron chi connectivity index (χ0n) is 11.5. The molecule has 1 aromatic heterocycles. The molecule has 0 bridgehead atoms. The summed E-state index contributed by atoms with van der Waals surface area (Å²) in [5.41, 5.74) is -0.0352. The maximum absolute atomic E-state index is 13.1. The predicted octanol–water partition coefficient (Wildman–Crippen LogP) is 1.66. The Kier molecular flexibility index (Phi) is 3.68. The van der Waals surface area contributed by atoms with Crippen molar-refractivity contribution >= 4 is 16.8 Å². The molecule has 0 spiro atoms. The number of fused-ring (bicyclic) bond motifs is 1. The number of aromatic nitrogens is 2. The Bertz CT molecular complexity index is 735. The number of hydrogen-bond acceptors (Lipinski definition) is 3. The molecule has 6 heteroatoms. The summed E-state index contributed by atoms with van der Waals surface area (Å²) in [5.74, 6) is -0.331. The van der Waals surface area contributed by atoms with E-state index in [1.165, 1.54) is 12.1 Å². The van der Waals surface area contributed by atoms with Crippen molar-refractivity contribution in [2.24, 2.45) is 0 Å². The van der Waals surface area contributed by atoms with Gasteiger partial charge in [-0.25, -0.2) is 9.37 Å². The molecular formula is C15H16FN3O2. The van der Waals surface area contributed by atoms with Crippen LogP contribution >= 0.6 is 0 Å². The maximum Gasteiger partial charge on any atom is 0.258 e. The zero-order valence-corrected chi connectivity index (χ0v) is 11.5. The molecule has 110 valence electrons. The van der Waals surface area contributed by atoms with Gasteiger partial charge in [-0.15, -0.1) is 0 Å². The number of amides is 1. The third-order valence-electron chi connectivity index (χ3n) is 3.76. The molecule has 1 aliphatic carbocycles. The lowest BCUT2D eigenvalue weighted by molar-refractivity contribution is -0.121. The van der Waals surface area contributed by atoms with Crippen LogP contribution in [0.1, 0.15) is 31.5 Å². The van der Waals surface area contributed by atoms with Crippen molar-refractivity contribution in [3.63, 3.8) is 0 Å². The number of rotatable bonds is 3. The standard InChI is InChI=1S/C15H16FN3O2/c16-9-5-6-12-11(7-9)15(21)19-13(18-12)8-14(20)17-10-3-1-2-4-10/h5-7,10H,1-4,8H2,(H,17,20)(H,18,19,21). The van der Waals surface area contributed by atoms with Crippen LogP contribution in [0.5, 0.6) is 0 Å². The summed E-state index contributed by atoms with van der Waals surface area (Å²) in [6.45, 7) is 0. The minimum absolute atomic E-state index is 0.0268. The molecule has 2 aromatic rings. The van der Waals surface area contributed by atoms with Crippen LogP contribution in [0, 0.1) is 5.82 Å². The Labute approximate surface area is 120 Å². The van der Waals surface area contributed by atoms with E-state index in [9.17, 15) is 14.0 Å². The van der Waals surface area contributed by atoms with Gasteiger partial charge in [-0.3, -0.25) is 9.59 Å². The van der Waals surface area contributed by atoms with Crippen LogP contribution < -0.4 is 10.9 Å². The number of halogens is 1. The second kappa shape index (κ2) is 5.63. The van der Waals surface area contributed by atoms with Gasteiger partial charge in [-0.2, -0.15) is 0 Å². The fourth-order valence-electron chi connectivity index (χ4n) is 2.74. The molecule has 1 amide bonds. The van der Waals surface area contributed by atoms with Crippen LogP contribution in [0.25, 0.3) is 10.9 Å². The third-order valence-corrected chi connectivity index (χ3v) is 3.76. The van der Waals surface area contributed by atoms with Gasteiger partial charge < -0.3 is 10.3 Å². The van der Waals surface area contributed by atoms with Crippen LogP contribution in [-0.4, -0.2) is 21.9 Å². The van der Waals surface area contributed by atoms with E-state index in [1.54, 1.807) is 0 Å². The van der Waals surface area contributed by atoms with E-state index >= 15 is 0 Å². The van der Waals surface area contributed by atoms with Crippen molar-refractivity contribution in [1.82, 2.24) is 15.3 Å². The lowest BCUT2D eigenvalue weighted by Gasteiger charge is -2.11. The average molecular weight is 289 g/mol. The predicted molar refractivity (Wildman–Crippen MR) is 76.4 cm³/mol. The molecule has 2 N–H and O–H groups in total. The summed E-state index contributed by atoms with van der Waals surface area (Å²) in [6.07, 6.45) is 4.32. The van der Waals surface area contributed by atoms with Gasteiger partial charge in [0.2, 0.25) is 5.91 Å². The van der Waals surface area contributed by atoms with E-state index in [2.05, 4.69) is 15.3 Å². The van der Waals surface area contributed by atoms with Gasteiger partial charge in [-0.05, 0) is 31.0 Å². The van der Waals surface area contributed by atoms with Crippen molar-refractivity contribution in [2.75, 3.05) is 0 Å². The maximum atomic E-state index is 13.1. The van der Waals surface area contributed by atoms with Crippen molar-refractivity contribution in [3.05, 3.63) is 40.2 Å². The summed E-state index contributed by atoms with van der Waals surface area (Å²) in [6, 6.07) is 4.07. The first kappa shape index (κ1) is 13.7. The number of nitrogens with zero attached hydrogens (tertiary/aromatic N) is 1. The fraction of sp³-hybridized carbons (Fsp3) is 0.400. The first-order valence-electron chi connectivity index (χ1n) is 7.09. The van der Waals surface area contributed by atoms with Gasteiger partial charge in [0.05, 0.1) is 17.3 Å². The van der Waals surface area contributed by atoms with Crippen LogP contribution in [0.4, 0.5) is 4.39 Å². The van der Waals surface area contributed by atoms with Crippen LogP contribution in [0.15, 0.2) is 23.0 Å². The summed E-state index contributed by atoms with van der Waals surface area (Å²) in [5, 5.41) is 3.13. The molecule has 0 atom stereocenters. The topological polar surface area (TPSA) is 74.8 Å². The van der Waals surface area contributed by atoms with E-state index < -0.39 is 11.4 Å². The zero-order chi connectivity index (χ0) is 14.8. The van der Waals surface area contributed by atoms with Crippen molar-refractivity contribution < 1.29 is 9.18 Å². The Morgan fingerprint density at radius 2 is 2.14 bits per heavy atom. The van der Waals surface area contributed by atoms with Gasteiger partial charge in [0.25, 0.3) is 5.56 Å². The molecular weight excluding hydrogens is 273 g/mol. The molecule has 0 radical (unpaired) electrons. The van der Waals surface area contributed by atoms with E-state index in [4.69, 9.17) is 0 Å². The lowest BCUT2D eigenvalue weighted by Crippen LogP contribution is -2.34. The molecule has 0 unspecified atom stereocenters. The summed E-state index contributed by atoms with van der Waals surface area (Å²) < 4.78 is 13.1. The number of carbonyl (C=O) groups excluding carboxylic acids is 1. The molecule has 1 heterocycles. The van der Waals surface area contributed by atoms with Crippen LogP contribution in [-0.2, 0) is 11.2 Å². The van der Waals surface area contributed by atoms with E-state index in [1.807, 2.05) is 0 Å². The molecule has 1 aliphatic rings. The highest BCUT2D eigenvalue weighted by Crippen LogP contribution is 2.17. The average Bonchev–Trinajstić information content (AvgIpc) is 2.92. The molecule has 5 nitrogen and oxygen atoms in total.